The van der Waals surface area contributed by atoms with Crippen molar-refractivity contribution in [3.8, 4) is 0 Å². The van der Waals surface area contributed by atoms with Crippen molar-refractivity contribution in [1.29, 1.82) is 0 Å². The summed E-state index contributed by atoms with van der Waals surface area (Å²) in [7, 11) is 0. The van der Waals surface area contributed by atoms with Gasteiger partial charge >= 0.3 is 0 Å². The molecule has 96 valence electrons. The number of aliphatic hydroxyl groups is 1. The number of nitrogens with one attached hydrogen (secondary N) is 1. The van der Waals surface area contributed by atoms with Gasteiger partial charge in [-0.15, -0.1) is 0 Å². The maximum Gasteiger partial charge on any atom is 0.0431 e. The van der Waals surface area contributed by atoms with E-state index in [-0.39, 0.29) is 0 Å². The van der Waals surface area contributed by atoms with E-state index >= 15 is 0 Å². The lowest BCUT2D eigenvalue weighted by Gasteiger charge is -2.31. The van der Waals surface area contributed by atoms with Gasteiger partial charge in [-0.3, -0.25) is 0 Å². The Morgan fingerprint density at radius 1 is 1.06 bits per heavy atom. The minimum absolute atomic E-state index is 0.355. The highest BCUT2D eigenvalue weighted by molar-refractivity contribution is 4.79. The fourth-order valence-electron chi connectivity index (χ4n) is 2.84. The molecule has 1 aliphatic carbocycles. The Hall–Kier alpha value is -0.0800. The third-order valence-electron chi connectivity index (χ3n) is 3.92. The summed E-state index contributed by atoms with van der Waals surface area (Å²) in [4.78, 5) is 0. The van der Waals surface area contributed by atoms with E-state index in [1.165, 1.54) is 57.9 Å². The molecular formula is C14H29NO. The quantitative estimate of drug-likeness (QED) is 0.625. The van der Waals surface area contributed by atoms with Crippen molar-refractivity contribution in [2.75, 3.05) is 13.2 Å². The van der Waals surface area contributed by atoms with E-state index in [0.717, 1.165) is 18.4 Å². The fourth-order valence-corrected chi connectivity index (χ4v) is 2.84. The summed E-state index contributed by atoms with van der Waals surface area (Å²) in [6.45, 7) is 3.85. The molecule has 0 amide bonds. The standard InChI is InChI=1S/C14H29NO/c1-2-13-9-5-6-10-14(13)15-11-7-3-4-8-12-16/h13-16H,2-12H2,1H3. The van der Waals surface area contributed by atoms with Gasteiger partial charge in [0.1, 0.15) is 0 Å². The number of rotatable bonds is 8. The van der Waals surface area contributed by atoms with Gasteiger partial charge in [0, 0.05) is 12.6 Å². The Balaban J connectivity index is 2.02. The second kappa shape index (κ2) is 9.00. The van der Waals surface area contributed by atoms with Gasteiger partial charge in [0.15, 0.2) is 0 Å². The molecule has 0 aromatic carbocycles. The molecule has 1 fully saturated rings. The van der Waals surface area contributed by atoms with Gasteiger partial charge in [0.25, 0.3) is 0 Å². The largest absolute Gasteiger partial charge is 0.396 e. The highest BCUT2D eigenvalue weighted by Crippen LogP contribution is 2.26. The van der Waals surface area contributed by atoms with E-state index in [9.17, 15) is 0 Å². The van der Waals surface area contributed by atoms with Crippen molar-refractivity contribution >= 4 is 0 Å². The first-order valence-corrected chi connectivity index (χ1v) is 7.22. The Labute approximate surface area is 101 Å². The van der Waals surface area contributed by atoms with E-state index in [1.54, 1.807) is 0 Å². The molecule has 2 nitrogen and oxygen atoms in total. The second-order valence-corrected chi connectivity index (χ2v) is 5.15. The van der Waals surface area contributed by atoms with Gasteiger partial charge in [-0.2, -0.15) is 0 Å². The van der Waals surface area contributed by atoms with Crippen LogP contribution in [0.4, 0.5) is 0 Å². The van der Waals surface area contributed by atoms with Crippen LogP contribution in [0.2, 0.25) is 0 Å². The lowest BCUT2D eigenvalue weighted by atomic mass is 9.83. The van der Waals surface area contributed by atoms with Crippen LogP contribution in [0.3, 0.4) is 0 Å². The van der Waals surface area contributed by atoms with Crippen LogP contribution in [0.25, 0.3) is 0 Å². The molecule has 16 heavy (non-hydrogen) atoms. The van der Waals surface area contributed by atoms with Crippen LogP contribution in [-0.2, 0) is 0 Å². The minimum atomic E-state index is 0.355. The predicted octanol–water partition coefficient (Wildman–Crippen LogP) is 3.10. The lowest BCUT2D eigenvalue weighted by molar-refractivity contribution is 0.253. The average molecular weight is 227 g/mol. The van der Waals surface area contributed by atoms with Crippen molar-refractivity contribution in [2.45, 2.75) is 70.8 Å². The third-order valence-corrected chi connectivity index (χ3v) is 3.92. The zero-order valence-electron chi connectivity index (χ0n) is 10.9. The van der Waals surface area contributed by atoms with Gasteiger partial charge in [-0.1, -0.05) is 39.0 Å². The maximum absolute atomic E-state index is 8.68. The molecule has 0 aromatic heterocycles. The van der Waals surface area contributed by atoms with Gasteiger partial charge in [0.05, 0.1) is 0 Å². The Morgan fingerprint density at radius 2 is 1.81 bits per heavy atom. The summed E-state index contributed by atoms with van der Waals surface area (Å²) < 4.78 is 0. The lowest BCUT2D eigenvalue weighted by Crippen LogP contribution is -2.38. The van der Waals surface area contributed by atoms with Crippen LogP contribution >= 0.6 is 0 Å². The molecule has 2 N–H and O–H groups in total. The zero-order chi connectivity index (χ0) is 11.6. The van der Waals surface area contributed by atoms with Crippen molar-refractivity contribution in [2.24, 2.45) is 5.92 Å². The summed E-state index contributed by atoms with van der Waals surface area (Å²) in [6, 6.07) is 0.789. The van der Waals surface area contributed by atoms with E-state index in [4.69, 9.17) is 5.11 Å². The normalized spacial score (nSPS) is 25.9. The van der Waals surface area contributed by atoms with Crippen LogP contribution in [-0.4, -0.2) is 24.3 Å². The second-order valence-electron chi connectivity index (χ2n) is 5.15. The highest BCUT2D eigenvalue weighted by atomic mass is 16.2. The first-order valence-electron chi connectivity index (χ1n) is 7.22. The number of aliphatic hydroxyl groups excluding tert-OH is 1. The van der Waals surface area contributed by atoms with Gasteiger partial charge in [0.2, 0.25) is 0 Å². The molecule has 0 bridgehead atoms. The van der Waals surface area contributed by atoms with Crippen LogP contribution in [0.5, 0.6) is 0 Å². The molecule has 0 aliphatic heterocycles. The van der Waals surface area contributed by atoms with Crippen molar-refractivity contribution in [3.05, 3.63) is 0 Å². The number of unbranched alkanes of at least 4 members (excludes halogenated alkanes) is 3. The molecule has 0 spiro atoms. The van der Waals surface area contributed by atoms with Crippen molar-refractivity contribution < 1.29 is 5.11 Å². The first kappa shape index (κ1) is 14.0. The Bertz CT molecular complexity index is 161. The SMILES string of the molecule is CCC1CCCCC1NCCCCCCO. The molecule has 2 heteroatoms. The molecule has 2 atom stereocenters. The summed E-state index contributed by atoms with van der Waals surface area (Å²) in [5, 5.41) is 12.4. The molecule has 0 saturated heterocycles. The zero-order valence-corrected chi connectivity index (χ0v) is 10.9. The van der Waals surface area contributed by atoms with Crippen LogP contribution in [0.15, 0.2) is 0 Å². The highest BCUT2D eigenvalue weighted by Gasteiger charge is 2.22. The molecule has 0 radical (unpaired) electrons. The molecule has 0 aromatic rings. The summed E-state index contributed by atoms with van der Waals surface area (Å²) in [5.74, 6) is 0.922. The molecule has 2 unspecified atom stereocenters. The molecule has 1 rings (SSSR count). The van der Waals surface area contributed by atoms with E-state index in [2.05, 4.69) is 12.2 Å². The summed E-state index contributed by atoms with van der Waals surface area (Å²) in [5.41, 5.74) is 0. The van der Waals surface area contributed by atoms with Gasteiger partial charge < -0.3 is 10.4 Å². The maximum atomic E-state index is 8.68. The van der Waals surface area contributed by atoms with Crippen LogP contribution in [0.1, 0.15) is 64.7 Å². The number of hydrogen-bond donors (Lipinski definition) is 2. The van der Waals surface area contributed by atoms with Crippen LogP contribution < -0.4 is 5.32 Å². The predicted molar refractivity (Wildman–Crippen MR) is 69.6 cm³/mol. The molecule has 1 saturated carbocycles. The van der Waals surface area contributed by atoms with Crippen molar-refractivity contribution in [1.82, 2.24) is 5.32 Å². The van der Waals surface area contributed by atoms with E-state index < -0.39 is 0 Å². The topological polar surface area (TPSA) is 32.3 Å². The van der Waals surface area contributed by atoms with Gasteiger partial charge in [-0.05, 0) is 38.1 Å². The number of hydrogen-bond acceptors (Lipinski definition) is 2. The van der Waals surface area contributed by atoms with Crippen LogP contribution in [0, 0.1) is 5.92 Å². The van der Waals surface area contributed by atoms with Gasteiger partial charge in [-0.25, -0.2) is 0 Å². The molecule has 1 aliphatic rings. The minimum Gasteiger partial charge on any atom is -0.396 e. The van der Waals surface area contributed by atoms with E-state index in [0.29, 0.717) is 6.61 Å². The Kier molecular flexibility index (Phi) is 7.87. The fraction of sp³-hybridized carbons (Fsp3) is 1.00. The van der Waals surface area contributed by atoms with Crippen molar-refractivity contribution in [3.63, 3.8) is 0 Å². The smallest absolute Gasteiger partial charge is 0.0431 e. The average Bonchev–Trinajstić information content (AvgIpc) is 2.34. The summed E-state index contributed by atoms with van der Waals surface area (Å²) >= 11 is 0. The Morgan fingerprint density at radius 3 is 2.56 bits per heavy atom. The first-order chi connectivity index (χ1) is 7.88. The third kappa shape index (κ3) is 5.31. The molecular weight excluding hydrogens is 198 g/mol. The monoisotopic (exact) mass is 227 g/mol. The van der Waals surface area contributed by atoms with E-state index in [1.807, 2.05) is 0 Å². The molecule has 0 heterocycles. The summed E-state index contributed by atoms with van der Waals surface area (Å²) in [6.07, 6.45) is 11.7.